The van der Waals surface area contributed by atoms with Crippen LogP contribution in [-0.2, 0) is 9.53 Å². The van der Waals surface area contributed by atoms with E-state index >= 15 is 0 Å². The molecule has 1 saturated carbocycles. The summed E-state index contributed by atoms with van der Waals surface area (Å²) in [7, 11) is 0. The normalized spacial score (nSPS) is 22.2. The number of rotatable bonds is 4. The Balaban J connectivity index is 2.09. The largest absolute Gasteiger partial charge is 0.488 e. The molecule has 0 radical (unpaired) electrons. The summed E-state index contributed by atoms with van der Waals surface area (Å²) in [6, 6.07) is 8.27. The van der Waals surface area contributed by atoms with Gasteiger partial charge < -0.3 is 9.47 Å². The van der Waals surface area contributed by atoms with Crippen LogP contribution in [0.4, 0.5) is 0 Å². The predicted octanol–water partition coefficient (Wildman–Crippen LogP) is 4.84. The number of esters is 1. The molecule has 0 aliphatic heterocycles. The Morgan fingerprint density at radius 3 is 2.36 bits per heavy atom. The van der Waals surface area contributed by atoms with E-state index in [1.54, 1.807) is 0 Å². The van der Waals surface area contributed by atoms with Gasteiger partial charge in [-0.1, -0.05) is 25.5 Å². The van der Waals surface area contributed by atoms with E-state index < -0.39 is 0 Å². The van der Waals surface area contributed by atoms with E-state index in [9.17, 15) is 4.79 Å². The lowest BCUT2D eigenvalue weighted by Gasteiger charge is -2.31. The van der Waals surface area contributed by atoms with Crippen LogP contribution in [0.5, 0.6) is 5.75 Å². The Kier molecular flexibility index (Phi) is 5.49. The summed E-state index contributed by atoms with van der Waals surface area (Å²) in [4.78, 5) is 11.6. The molecule has 2 unspecified atom stereocenters. The van der Waals surface area contributed by atoms with E-state index in [1.807, 2.05) is 39.8 Å². The summed E-state index contributed by atoms with van der Waals surface area (Å²) >= 11 is 0. The molecule has 1 aromatic rings. The maximum atomic E-state index is 11.6. The van der Waals surface area contributed by atoms with E-state index in [0.29, 0.717) is 12.3 Å². The van der Waals surface area contributed by atoms with Crippen LogP contribution in [0.2, 0.25) is 0 Å². The molecule has 0 bridgehead atoms. The maximum Gasteiger partial charge on any atom is 0.305 e. The van der Waals surface area contributed by atoms with Gasteiger partial charge in [-0.15, -0.1) is 0 Å². The molecule has 2 atom stereocenters. The molecule has 122 valence electrons. The number of benzene rings is 1. The van der Waals surface area contributed by atoms with Gasteiger partial charge in [0.25, 0.3) is 0 Å². The summed E-state index contributed by atoms with van der Waals surface area (Å²) in [5.74, 6) is 1.10. The lowest BCUT2D eigenvalue weighted by Crippen LogP contribution is -2.28. The van der Waals surface area contributed by atoms with Crippen molar-refractivity contribution in [3.63, 3.8) is 0 Å². The summed E-state index contributed by atoms with van der Waals surface area (Å²) in [5, 5.41) is 0. The van der Waals surface area contributed by atoms with E-state index in [0.717, 1.165) is 25.0 Å². The molecular formula is C19H28O3. The third-order valence-electron chi connectivity index (χ3n) is 4.01. The van der Waals surface area contributed by atoms with Gasteiger partial charge in [0.05, 0.1) is 0 Å². The zero-order chi connectivity index (χ0) is 16.2. The van der Waals surface area contributed by atoms with Crippen molar-refractivity contribution in [2.24, 2.45) is 0 Å². The van der Waals surface area contributed by atoms with Gasteiger partial charge in [-0.2, -0.15) is 0 Å². The second-order valence-electron chi connectivity index (χ2n) is 7.06. The highest BCUT2D eigenvalue weighted by atomic mass is 16.5. The second kappa shape index (κ2) is 7.17. The topological polar surface area (TPSA) is 35.5 Å². The van der Waals surface area contributed by atoms with E-state index in [4.69, 9.17) is 9.47 Å². The zero-order valence-electron chi connectivity index (χ0n) is 14.2. The Labute approximate surface area is 134 Å². The Morgan fingerprint density at radius 1 is 1.14 bits per heavy atom. The molecule has 0 aromatic heterocycles. The smallest absolute Gasteiger partial charge is 0.305 e. The van der Waals surface area contributed by atoms with Crippen LogP contribution < -0.4 is 4.74 Å². The van der Waals surface area contributed by atoms with Gasteiger partial charge in [-0.05, 0) is 57.7 Å². The number of ether oxygens (including phenoxy) is 2. The van der Waals surface area contributed by atoms with Crippen LogP contribution in [0.1, 0.15) is 71.3 Å². The quantitative estimate of drug-likeness (QED) is 0.746. The fourth-order valence-corrected chi connectivity index (χ4v) is 3.01. The summed E-state index contributed by atoms with van der Waals surface area (Å²) < 4.78 is 11.5. The highest BCUT2D eigenvalue weighted by Crippen LogP contribution is 2.36. The van der Waals surface area contributed by atoms with Crippen molar-refractivity contribution in [3.8, 4) is 5.75 Å². The van der Waals surface area contributed by atoms with Crippen LogP contribution in [0.3, 0.4) is 0 Å². The first-order chi connectivity index (χ1) is 10.4. The highest BCUT2D eigenvalue weighted by molar-refractivity contribution is 5.69. The third-order valence-corrected chi connectivity index (χ3v) is 4.01. The van der Waals surface area contributed by atoms with Crippen molar-refractivity contribution < 1.29 is 14.3 Å². The molecule has 0 amide bonds. The SMILES string of the molecule is CCC(=O)OC1CCCCC1c1ccc(OC(C)(C)C)cc1. The Morgan fingerprint density at radius 2 is 1.77 bits per heavy atom. The van der Waals surface area contributed by atoms with E-state index in [-0.39, 0.29) is 17.7 Å². The summed E-state index contributed by atoms with van der Waals surface area (Å²) in [6.45, 7) is 7.98. The van der Waals surface area contributed by atoms with Gasteiger partial charge in [0, 0.05) is 12.3 Å². The molecule has 2 rings (SSSR count). The van der Waals surface area contributed by atoms with Crippen molar-refractivity contribution in [2.45, 2.75) is 77.4 Å². The zero-order valence-corrected chi connectivity index (χ0v) is 14.2. The molecule has 1 aromatic carbocycles. The van der Waals surface area contributed by atoms with Crippen molar-refractivity contribution in [2.75, 3.05) is 0 Å². The van der Waals surface area contributed by atoms with Gasteiger partial charge >= 0.3 is 5.97 Å². The fourth-order valence-electron chi connectivity index (χ4n) is 3.01. The van der Waals surface area contributed by atoms with Crippen LogP contribution in [-0.4, -0.2) is 17.7 Å². The first-order valence-corrected chi connectivity index (χ1v) is 8.37. The Bertz CT molecular complexity index is 484. The Hall–Kier alpha value is -1.51. The first kappa shape index (κ1) is 16.9. The maximum absolute atomic E-state index is 11.6. The molecule has 3 heteroatoms. The van der Waals surface area contributed by atoms with Gasteiger partial charge in [0.15, 0.2) is 0 Å². The highest BCUT2D eigenvalue weighted by Gasteiger charge is 2.29. The molecule has 0 saturated heterocycles. The van der Waals surface area contributed by atoms with Crippen molar-refractivity contribution in [1.82, 2.24) is 0 Å². The standard InChI is InChI=1S/C19H28O3/c1-5-18(20)21-17-9-7-6-8-16(17)14-10-12-15(13-11-14)22-19(2,3)4/h10-13,16-17H,5-9H2,1-4H3. The monoisotopic (exact) mass is 304 g/mol. The van der Waals surface area contributed by atoms with Crippen molar-refractivity contribution >= 4 is 5.97 Å². The summed E-state index contributed by atoms with van der Waals surface area (Å²) in [6.07, 6.45) is 4.86. The number of carbonyl (C=O) groups is 1. The van der Waals surface area contributed by atoms with Crippen molar-refractivity contribution in [1.29, 1.82) is 0 Å². The van der Waals surface area contributed by atoms with Gasteiger partial charge in [-0.3, -0.25) is 4.79 Å². The minimum Gasteiger partial charge on any atom is -0.488 e. The van der Waals surface area contributed by atoms with Crippen LogP contribution >= 0.6 is 0 Å². The van der Waals surface area contributed by atoms with Gasteiger partial charge in [0.2, 0.25) is 0 Å². The van der Waals surface area contributed by atoms with Crippen LogP contribution in [0.25, 0.3) is 0 Å². The molecule has 22 heavy (non-hydrogen) atoms. The number of carbonyl (C=O) groups excluding carboxylic acids is 1. The molecule has 1 aliphatic carbocycles. The molecule has 3 nitrogen and oxygen atoms in total. The van der Waals surface area contributed by atoms with Gasteiger partial charge in [-0.25, -0.2) is 0 Å². The average Bonchev–Trinajstić information content (AvgIpc) is 2.47. The van der Waals surface area contributed by atoms with E-state index in [1.165, 1.54) is 12.0 Å². The van der Waals surface area contributed by atoms with Crippen LogP contribution in [0, 0.1) is 0 Å². The minimum absolute atomic E-state index is 0.0237. The molecular weight excluding hydrogens is 276 g/mol. The number of hydrogen-bond donors (Lipinski definition) is 0. The third kappa shape index (κ3) is 4.75. The molecule has 1 aliphatic rings. The van der Waals surface area contributed by atoms with Gasteiger partial charge in [0.1, 0.15) is 17.5 Å². The lowest BCUT2D eigenvalue weighted by atomic mass is 9.81. The van der Waals surface area contributed by atoms with Crippen molar-refractivity contribution in [3.05, 3.63) is 29.8 Å². The molecule has 0 heterocycles. The molecule has 0 N–H and O–H groups in total. The summed E-state index contributed by atoms with van der Waals surface area (Å²) in [5.41, 5.74) is 1.06. The molecule has 1 fully saturated rings. The van der Waals surface area contributed by atoms with E-state index in [2.05, 4.69) is 12.1 Å². The fraction of sp³-hybridized carbons (Fsp3) is 0.632. The minimum atomic E-state index is -0.189. The first-order valence-electron chi connectivity index (χ1n) is 8.37. The predicted molar refractivity (Wildman–Crippen MR) is 88.2 cm³/mol. The van der Waals surface area contributed by atoms with Crippen LogP contribution in [0.15, 0.2) is 24.3 Å². The number of hydrogen-bond acceptors (Lipinski definition) is 3. The average molecular weight is 304 g/mol. The second-order valence-corrected chi connectivity index (χ2v) is 7.06. The molecule has 0 spiro atoms. The lowest BCUT2D eigenvalue weighted by molar-refractivity contribution is -0.151.